The summed E-state index contributed by atoms with van der Waals surface area (Å²) in [5.41, 5.74) is -0.729. The highest BCUT2D eigenvalue weighted by Gasteiger charge is 2.40. The predicted octanol–water partition coefficient (Wildman–Crippen LogP) is 2.70. The average Bonchev–Trinajstić information content (AvgIpc) is 2.12. The van der Waals surface area contributed by atoms with E-state index in [0.717, 1.165) is 12.8 Å². The maximum atomic E-state index is 11.6. The Hall–Kier alpha value is -0.820. The van der Waals surface area contributed by atoms with Crippen molar-refractivity contribution < 1.29 is 22.5 Å². The molecule has 114 valence electrons. The summed E-state index contributed by atoms with van der Waals surface area (Å²) < 4.78 is 37.2. The second-order valence-electron chi connectivity index (χ2n) is 5.79. The van der Waals surface area contributed by atoms with Gasteiger partial charge in [0.25, 0.3) is 10.1 Å². The first kappa shape index (κ1) is 18.2. The molecule has 1 unspecified atom stereocenters. The second kappa shape index (κ2) is 6.56. The summed E-state index contributed by atoms with van der Waals surface area (Å²) in [4.78, 5) is 9.93. The van der Waals surface area contributed by atoms with Crippen LogP contribution in [0.25, 0.3) is 0 Å². The molecule has 1 amide bonds. The summed E-state index contributed by atoms with van der Waals surface area (Å²) in [7, 11) is -4.41. The molecule has 0 radical (unpaired) electrons. The van der Waals surface area contributed by atoms with E-state index in [2.05, 4.69) is 5.32 Å². The van der Waals surface area contributed by atoms with E-state index >= 15 is 0 Å². The quantitative estimate of drug-likeness (QED) is 0.580. The minimum Gasteiger partial charge on any atom is -0.444 e. The molecule has 0 bridgehead atoms. The van der Waals surface area contributed by atoms with Crippen molar-refractivity contribution in [3.63, 3.8) is 0 Å². The summed E-state index contributed by atoms with van der Waals surface area (Å²) in [6, 6.07) is 0. The molecule has 6 nitrogen and oxygen atoms in total. The summed E-state index contributed by atoms with van der Waals surface area (Å²) in [6.45, 7) is 8.28. The van der Waals surface area contributed by atoms with Crippen molar-refractivity contribution in [3.05, 3.63) is 0 Å². The zero-order chi connectivity index (χ0) is 15.3. The van der Waals surface area contributed by atoms with Gasteiger partial charge in [-0.3, -0.25) is 9.87 Å². The molecule has 0 saturated heterocycles. The van der Waals surface area contributed by atoms with E-state index in [1.165, 1.54) is 6.92 Å². The summed E-state index contributed by atoms with van der Waals surface area (Å²) in [5, 5.41) is 2.25. The predicted molar refractivity (Wildman–Crippen MR) is 73.5 cm³/mol. The van der Waals surface area contributed by atoms with Crippen molar-refractivity contribution in [2.75, 3.05) is 0 Å². The Labute approximate surface area is 115 Å². The van der Waals surface area contributed by atoms with Crippen LogP contribution in [0.1, 0.15) is 60.3 Å². The Balaban J connectivity index is 4.83. The maximum Gasteiger partial charge on any atom is 0.408 e. The third-order valence-corrected chi connectivity index (χ3v) is 4.04. The van der Waals surface area contributed by atoms with Crippen LogP contribution in [-0.4, -0.2) is 29.5 Å². The highest BCUT2D eigenvalue weighted by molar-refractivity contribution is 7.87. The monoisotopic (exact) mass is 295 g/mol. The van der Waals surface area contributed by atoms with E-state index in [9.17, 15) is 17.8 Å². The number of unbranched alkanes of at least 4 members (excludes halogenated alkanes) is 2. The van der Waals surface area contributed by atoms with Crippen LogP contribution >= 0.6 is 0 Å². The van der Waals surface area contributed by atoms with Crippen molar-refractivity contribution in [1.82, 2.24) is 5.32 Å². The molecule has 7 heteroatoms. The van der Waals surface area contributed by atoms with E-state index < -0.39 is 26.7 Å². The van der Waals surface area contributed by atoms with Gasteiger partial charge in [-0.25, -0.2) is 4.79 Å². The molecular formula is C12H25NO5S. The minimum atomic E-state index is -4.41. The standard InChI is InChI=1S/C12H25NO5S/c1-6-7-8-9-12(5,19(15,16)17)13-10(14)18-11(2,3)4/h6-9H2,1-5H3,(H,13,14)(H,15,16,17). The molecule has 0 aliphatic heterocycles. The van der Waals surface area contributed by atoms with Gasteiger partial charge in [-0.05, 0) is 40.5 Å². The Bertz CT molecular complexity index is 399. The fourth-order valence-electron chi connectivity index (χ4n) is 1.49. The number of ether oxygens (including phenoxy) is 1. The molecule has 0 aromatic carbocycles. The van der Waals surface area contributed by atoms with E-state index in [0.29, 0.717) is 6.42 Å². The summed E-state index contributed by atoms with van der Waals surface area (Å²) in [5.74, 6) is 0. The highest BCUT2D eigenvalue weighted by Crippen LogP contribution is 2.21. The number of alkyl carbamates (subject to hydrolysis) is 1. The lowest BCUT2D eigenvalue weighted by atomic mass is 10.1. The van der Waals surface area contributed by atoms with Gasteiger partial charge in [0, 0.05) is 0 Å². The van der Waals surface area contributed by atoms with Gasteiger partial charge in [-0.2, -0.15) is 8.42 Å². The van der Waals surface area contributed by atoms with Gasteiger partial charge < -0.3 is 4.74 Å². The van der Waals surface area contributed by atoms with E-state index in [-0.39, 0.29) is 6.42 Å². The van der Waals surface area contributed by atoms with Gasteiger partial charge in [0.15, 0.2) is 4.87 Å². The smallest absolute Gasteiger partial charge is 0.408 e. The highest BCUT2D eigenvalue weighted by atomic mass is 32.2. The Morgan fingerprint density at radius 3 is 2.11 bits per heavy atom. The summed E-state index contributed by atoms with van der Waals surface area (Å²) >= 11 is 0. The average molecular weight is 295 g/mol. The molecular weight excluding hydrogens is 270 g/mol. The molecule has 0 aliphatic carbocycles. The first-order valence-corrected chi connectivity index (χ1v) is 7.83. The van der Waals surface area contributed by atoms with Crippen LogP contribution in [-0.2, 0) is 14.9 Å². The van der Waals surface area contributed by atoms with Crippen LogP contribution in [0.15, 0.2) is 0 Å². The van der Waals surface area contributed by atoms with Gasteiger partial charge in [-0.1, -0.05) is 19.8 Å². The van der Waals surface area contributed by atoms with Crippen LogP contribution in [0.3, 0.4) is 0 Å². The Morgan fingerprint density at radius 1 is 1.21 bits per heavy atom. The Kier molecular flexibility index (Phi) is 6.28. The number of nitrogens with one attached hydrogen (secondary N) is 1. The van der Waals surface area contributed by atoms with Gasteiger partial charge in [0.1, 0.15) is 5.60 Å². The fourth-order valence-corrected chi connectivity index (χ4v) is 2.10. The van der Waals surface area contributed by atoms with Gasteiger partial charge >= 0.3 is 6.09 Å². The van der Waals surface area contributed by atoms with Crippen LogP contribution < -0.4 is 5.32 Å². The van der Waals surface area contributed by atoms with E-state index in [4.69, 9.17) is 4.74 Å². The molecule has 0 aliphatic rings. The van der Waals surface area contributed by atoms with Gasteiger partial charge in [0.2, 0.25) is 0 Å². The fraction of sp³-hybridized carbons (Fsp3) is 0.917. The van der Waals surface area contributed by atoms with Crippen molar-refractivity contribution in [2.45, 2.75) is 70.8 Å². The number of hydrogen-bond donors (Lipinski definition) is 2. The minimum absolute atomic E-state index is 0.138. The maximum absolute atomic E-state index is 11.6. The zero-order valence-corrected chi connectivity index (χ0v) is 13.1. The number of carbonyl (C=O) groups excluding carboxylic acids is 1. The molecule has 0 fully saturated rings. The van der Waals surface area contributed by atoms with Crippen LogP contribution in [0.2, 0.25) is 0 Å². The van der Waals surface area contributed by atoms with Gasteiger partial charge in [0.05, 0.1) is 0 Å². The third-order valence-electron chi connectivity index (χ3n) is 2.59. The summed E-state index contributed by atoms with van der Waals surface area (Å²) in [6.07, 6.45) is 1.60. The van der Waals surface area contributed by atoms with Gasteiger partial charge in [-0.15, -0.1) is 0 Å². The zero-order valence-electron chi connectivity index (χ0n) is 12.3. The topological polar surface area (TPSA) is 92.7 Å². The molecule has 0 heterocycles. The molecule has 0 rings (SSSR count). The molecule has 0 spiro atoms. The Morgan fingerprint density at radius 2 is 1.74 bits per heavy atom. The largest absolute Gasteiger partial charge is 0.444 e. The van der Waals surface area contributed by atoms with Crippen molar-refractivity contribution in [3.8, 4) is 0 Å². The molecule has 2 N–H and O–H groups in total. The molecule has 19 heavy (non-hydrogen) atoms. The lowest BCUT2D eigenvalue weighted by Gasteiger charge is -2.29. The first-order chi connectivity index (χ1) is 8.41. The van der Waals surface area contributed by atoms with Crippen LogP contribution in [0, 0.1) is 0 Å². The SMILES string of the molecule is CCCCCC(C)(NC(=O)OC(C)(C)C)S(=O)(=O)O. The number of amides is 1. The number of rotatable bonds is 6. The second-order valence-corrected chi connectivity index (χ2v) is 7.64. The van der Waals surface area contributed by atoms with E-state index in [1.54, 1.807) is 20.8 Å². The van der Waals surface area contributed by atoms with Crippen LogP contribution in [0.4, 0.5) is 4.79 Å². The lowest BCUT2D eigenvalue weighted by molar-refractivity contribution is 0.0487. The number of hydrogen-bond acceptors (Lipinski definition) is 4. The first-order valence-electron chi connectivity index (χ1n) is 6.39. The molecule has 0 aromatic rings. The molecule has 0 saturated carbocycles. The lowest BCUT2D eigenvalue weighted by Crippen LogP contribution is -2.53. The molecule has 1 atom stereocenters. The normalized spacial score (nSPS) is 15.7. The van der Waals surface area contributed by atoms with Crippen LogP contribution in [0.5, 0.6) is 0 Å². The number of carbonyl (C=O) groups is 1. The van der Waals surface area contributed by atoms with Crippen molar-refractivity contribution >= 4 is 16.2 Å². The molecule has 0 aromatic heterocycles. The third kappa shape index (κ3) is 6.77. The van der Waals surface area contributed by atoms with Crippen molar-refractivity contribution in [1.29, 1.82) is 0 Å². The van der Waals surface area contributed by atoms with E-state index in [1.807, 2.05) is 6.92 Å². The van der Waals surface area contributed by atoms with Crippen molar-refractivity contribution in [2.24, 2.45) is 0 Å².